The molecule has 0 radical (unpaired) electrons. The van der Waals surface area contributed by atoms with Gasteiger partial charge in [-0.05, 0) is 11.1 Å². The van der Waals surface area contributed by atoms with Gasteiger partial charge in [0.1, 0.15) is 0 Å². The van der Waals surface area contributed by atoms with Crippen molar-refractivity contribution >= 4 is 22.7 Å². The second kappa shape index (κ2) is 2.85. The molecule has 2 nitrogen and oxygen atoms in total. The van der Waals surface area contributed by atoms with E-state index in [1.165, 1.54) is 0 Å². The molecule has 0 aliphatic carbocycles. The van der Waals surface area contributed by atoms with Gasteiger partial charge in [-0.1, -0.05) is 11.6 Å². The molecular formula is C2HClF3O2S-. The fraction of sp³-hybridized carbons (Fsp3) is 1.00. The monoisotopic (exact) mass is 181 g/mol. The minimum atomic E-state index is -4.87. The Morgan fingerprint density at radius 2 is 1.89 bits per heavy atom. The van der Waals surface area contributed by atoms with Crippen LogP contribution in [0.5, 0.6) is 0 Å². The van der Waals surface area contributed by atoms with Crippen LogP contribution in [0, 0.1) is 0 Å². The van der Waals surface area contributed by atoms with Crippen LogP contribution in [-0.2, 0) is 11.1 Å². The van der Waals surface area contributed by atoms with E-state index in [-0.39, 0.29) is 0 Å². The minimum absolute atomic E-state index is 2.79. The first kappa shape index (κ1) is 9.19. The molecule has 0 saturated carbocycles. The van der Waals surface area contributed by atoms with Crippen LogP contribution in [-0.4, -0.2) is 19.6 Å². The molecule has 0 spiro atoms. The Labute approximate surface area is 56.3 Å². The van der Waals surface area contributed by atoms with E-state index in [1.807, 2.05) is 0 Å². The minimum Gasteiger partial charge on any atom is -0.771 e. The Hall–Kier alpha value is 0.190. The number of hydrogen-bond acceptors (Lipinski definition) is 2. The highest BCUT2D eigenvalue weighted by Gasteiger charge is 2.39. The molecule has 0 aromatic heterocycles. The third kappa shape index (κ3) is 3.02. The fourth-order valence-corrected chi connectivity index (χ4v) is 0.327. The van der Waals surface area contributed by atoms with Crippen molar-refractivity contribution in [1.82, 2.24) is 0 Å². The summed E-state index contributed by atoms with van der Waals surface area (Å²) >= 11 is 1.06. The molecule has 0 N–H and O–H groups in total. The Bertz CT molecular complexity index is 123. The maximum Gasteiger partial charge on any atom is 0.415 e. The molecule has 0 aliphatic rings. The van der Waals surface area contributed by atoms with Crippen LogP contribution >= 0.6 is 11.6 Å². The Kier molecular flexibility index (Phi) is 2.91. The van der Waals surface area contributed by atoms with Crippen LogP contribution in [0.4, 0.5) is 13.2 Å². The molecule has 2 atom stereocenters. The van der Waals surface area contributed by atoms with E-state index in [9.17, 15) is 21.9 Å². The van der Waals surface area contributed by atoms with Crippen LogP contribution in [0.2, 0.25) is 0 Å². The number of rotatable bonds is 1. The second-order valence-corrected chi connectivity index (χ2v) is 2.81. The van der Waals surface area contributed by atoms with Gasteiger partial charge in [-0.25, -0.2) is 0 Å². The molecule has 0 aromatic carbocycles. The zero-order chi connectivity index (χ0) is 7.65. The second-order valence-electron chi connectivity index (χ2n) is 1.12. The lowest BCUT2D eigenvalue weighted by molar-refractivity contribution is -0.115. The molecule has 0 heterocycles. The number of alkyl halides is 4. The molecule has 0 amide bonds. The number of halogens is 4. The molecule has 56 valence electrons. The van der Waals surface area contributed by atoms with E-state index in [1.54, 1.807) is 0 Å². The lowest BCUT2D eigenvalue weighted by Gasteiger charge is -2.14. The van der Waals surface area contributed by atoms with Gasteiger partial charge in [0.2, 0.25) is 0 Å². The van der Waals surface area contributed by atoms with E-state index in [2.05, 4.69) is 11.6 Å². The molecular weight excluding hydrogens is 181 g/mol. The summed E-state index contributed by atoms with van der Waals surface area (Å²) in [7, 11) is 0. The largest absolute Gasteiger partial charge is 0.771 e. The number of hydrogen-bond donors (Lipinski definition) is 0. The molecule has 0 bridgehead atoms. The predicted octanol–water partition coefficient (Wildman–Crippen LogP) is 0.993. The van der Waals surface area contributed by atoms with Crippen molar-refractivity contribution < 1.29 is 21.9 Å². The highest BCUT2D eigenvalue weighted by atomic mass is 35.5. The molecule has 0 saturated heterocycles. The van der Waals surface area contributed by atoms with Gasteiger partial charge in [-0.2, -0.15) is 13.2 Å². The summed E-state index contributed by atoms with van der Waals surface area (Å²) in [6, 6.07) is 0. The van der Waals surface area contributed by atoms with Crippen molar-refractivity contribution in [2.24, 2.45) is 0 Å². The first-order chi connectivity index (χ1) is 3.85. The maximum absolute atomic E-state index is 11.2. The average Bonchev–Trinajstić information content (AvgIpc) is 1.62. The quantitative estimate of drug-likeness (QED) is 0.447. The average molecular weight is 182 g/mol. The van der Waals surface area contributed by atoms with Gasteiger partial charge in [0.15, 0.2) is 4.71 Å². The fourth-order valence-electron chi connectivity index (χ4n) is 0.109. The van der Waals surface area contributed by atoms with E-state index < -0.39 is 22.0 Å². The predicted molar refractivity (Wildman–Crippen MR) is 24.6 cm³/mol. The van der Waals surface area contributed by atoms with Gasteiger partial charge in [-0.15, -0.1) is 0 Å². The first-order valence-electron chi connectivity index (χ1n) is 1.64. The zero-order valence-electron chi connectivity index (χ0n) is 3.81. The highest BCUT2D eigenvalue weighted by Crippen LogP contribution is 2.26. The molecule has 2 unspecified atom stereocenters. The molecule has 0 aliphatic heterocycles. The summed E-state index contributed by atoms with van der Waals surface area (Å²) in [6.07, 6.45) is -4.87. The highest BCUT2D eigenvalue weighted by molar-refractivity contribution is 7.81. The van der Waals surface area contributed by atoms with Crippen LogP contribution in [0.1, 0.15) is 0 Å². The van der Waals surface area contributed by atoms with E-state index in [4.69, 9.17) is 0 Å². The summed E-state index contributed by atoms with van der Waals surface area (Å²) in [5.41, 5.74) is 0. The molecule has 7 heteroatoms. The van der Waals surface area contributed by atoms with Crippen LogP contribution in [0.25, 0.3) is 0 Å². The van der Waals surface area contributed by atoms with Gasteiger partial charge in [0.05, 0.1) is 0 Å². The lowest BCUT2D eigenvalue weighted by Crippen LogP contribution is -2.27. The van der Waals surface area contributed by atoms with Crippen LogP contribution < -0.4 is 0 Å². The lowest BCUT2D eigenvalue weighted by atomic mass is 10.8. The van der Waals surface area contributed by atoms with Crippen LogP contribution in [0.15, 0.2) is 0 Å². The van der Waals surface area contributed by atoms with Crippen molar-refractivity contribution in [2.45, 2.75) is 10.9 Å². The van der Waals surface area contributed by atoms with Crippen molar-refractivity contribution in [3.63, 3.8) is 0 Å². The van der Waals surface area contributed by atoms with Gasteiger partial charge in [0, 0.05) is 0 Å². The first-order valence-corrected chi connectivity index (χ1v) is 3.22. The van der Waals surface area contributed by atoms with Crippen LogP contribution in [0.3, 0.4) is 0 Å². The normalized spacial score (nSPS) is 19.2. The maximum atomic E-state index is 11.2. The van der Waals surface area contributed by atoms with Gasteiger partial charge >= 0.3 is 6.18 Å². The van der Waals surface area contributed by atoms with E-state index >= 15 is 0 Å². The third-order valence-corrected chi connectivity index (χ3v) is 1.72. The molecule has 0 rings (SSSR count). The summed E-state index contributed by atoms with van der Waals surface area (Å²) in [4.78, 5) is 0. The van der Waals surface area contributed by atoms with Crippen molar-refractivity contribution in [3.05, 3.63) is 0 Å². The summed E-state index contributed by atoms with van der Waals surface area (Å²) < 4.78 is 49.7. The molecule has 9 heavy (non-hydrogen) atoms. The summed E-state index contributed by atoms with van der Waals surface area (Å²) in [5, 5.41) is 0. The van der Waals surface area contributed by atoms with Crippen molar-refractivity contribution in [3.8, 4) is 0 Å². The van der Waals surface area contributed by atoms with E-state index in [0.29, 0.717) is 0 Å². The smallest absolute Gasteiger partial charge is 0.415 e. The Balaban J connectivity index is 4.04. The van der Waals surface area contributed by atoms with Gasteiger partial charge < -0.3 is 4.55 Å². The molecule has 0 aromatic rings. The van der Waals surface area contributed by atoms with E-state index in [0.717, 1.165) is 0 Å². The Morgan fingerprint density at radius 3 is 1.89 bits per heavy atom. The van der Waals surface area contributed by atoms with Gasteiger partial charge in [0.25, 0.3) is 0 Å². The van der Waals surface area contributed by atoms with Crippen molar-refractivity contribution in [2.75, 3.05) is 0 Å². The summed E-state index contributed by atoms with van der Waals surface area (Å²) in [6.45, 7) is 0. The van der Waals surface area contributed by atoms with Crippen molar-refractivity contribution in [1.29, 1.82) is 0 Å². The topological polar surface area (TPSA) is 40.1 Å². The van der Waals surface area contributed by atoms with Gasteiger partial charge in [-0.3, -0.25) is 4.21 Å². The Morgan fingerprint density at radius 1 is 1.56 bits per heavy atom. The zero-order valence-corrected chi connectivity index (χ0v) is 5.39. The molecule has 0 fully saturated rings. The summed E-state index contributed by atoms with van der Waals surface area (Å²) in [5.74, 6) is 0. The standard InChI is InChI=1S/C2H2ClF3O2S/c3-1(9(7)8)2(4,5)6/h1H,(H,7,8)/p-1. The SMILES string of the molecule is O=S([O-])C(Cl)C(F)(F)F. The third-order valence-electron chi connectivity index (χ3n) is 0.426.